The van der Waals surface area contributed by atoms with E-state index in [4.69, 9.17) is 5.11 Å². The molecule has 6 heteroatoms. The van der Waals surface area contributed by atoms with Gasteiger partial charge in [0.2, 0.25) is 0 Å². The molecule has 1 rings (SSSR count). The molecule has 0 bridgehead atoms. The standard InChI is InChI=1S/C11H21N3O3/c1-2-13-14-11(17)12-7-8-3-5-9(6-4-8)10(15)16/h8-9,13H,2-7H2,1H3,(H,15,16)(H2,12,14,17). The van der Waals surface area contributed by atoms with Crippen molar-refractivity contribution in [3.8, 4) is 0 Å². The highest BCUT2D eigenvalue weighted by atomic mass is 16.4. The van der Waals surface area contributed by atoms with E-state index < -0.39 is 5.97 Å². The van der Waals surface area contributed by atoms with E-state index in [-0.39, 0.29) is 11.9 Å². The lowest BCUT2D eigenvalue weighted by Gasteiger charge is -2.26. The molecule has 17 heavy (non-hydrogen) atoms. The van der Waals surface area contributed by atoms with Crippen molar-refractivity contribution in [2.75, 3.05) is 13.1 Å². The van der Waals surface area contributed by atoms with Gasteiger partial charge in [-0.2, -0.15) is 0 Å². The Kier molecular flexibility index (Phi) is 5.76. The van der Waals surface area contributed by atoms with E-state index in [2.05, 4.69) is 16.2 Å². The molecule has 0 radical (unpaired) electrons. The zero-order chi connectivity index (χ0) is 12.7. The van der Waals surface area contributed by atoms with Crippen molar-refractivity contribution >= 4 is 12.0 Å². The van der Waals surface area contributed by atoms with Gasteiger partial charge in [-0.25, -0.2) is 10.2 Å². The number of aliphatic carboxylic acids is 1. The first-order valence-corrected chi connectivity index (χ1v) is 6.13. The first-order valence-electron chi connectivity index (χ1n) is 6.13. The number of carbonyl (C=O) groups excluding carboxylic acids is 1. The minimum Gasteiger partial charge on any atom is -0.481 e. The quantitative estimate of drug-likeness (QED) is 0.535. The minimum absolute atomic E-state index is 0.193. The summed E-state index contributed by atoms with van der Waals surface area (Å²) in [5.74, 6) is -0.485. The Morgan fingerprint density at radius 3 is 2.41 bits per heavy atom. The summed E-state index contributed by atoms with van der Waals surface area (Å²) in [5.41, 5.74) is 5.22. The summed E-state index contributed by atoms with van der Waals surface area (Å²) in [6.07, 6.45) is 3.18. The van der Waals surface area contributed by atoms with E-state index in [1.165, 1.54) is 0 Å². The molecular formula is C11H21N3O3. The van der Waals surface area contributed by atoms with E-state index in [0.29, 0.717) is 19.0 Å². The highest BCUT2D eigenvalue weighted by Gasteiger charge is 2.25. The van der Waals surface area contributed by atoms with Crippen LogP contribution >= 0.6 is 0 Å². The number of nitrogens with one attached hydrogen (secondary N) is 3. The van der Waals surface area contributed by atoms with Gasteiger partial charge in [-0.05, 0) is 31.6 Å². The number of hydrazine groups is 1. The van der Waals surface area contributed by atoms with Gasteiger partial charge in [0.25, 0.3) is 0 Å². The van der Waals surface area contributed by atoms with Gasteiger partial charge in [-0.1, -0.05) is 6.92 Å². The van der Waals surface area contributed by atoms with Crippen LogP contribution < -0.4 is 16.2 Å². The molecule has 1 aliphatic rings. The maximum atomic E-state index is 11.2. The number of carbonyl (C=O) groups is 2. The molecule has 0 heterocycles. The van der Waals surface area contributed by atoms with Gasteiger partial charge in [-0.15, -0.1) is 0 Å². The monoisotopic (exact) mass is 243 g/mol. The molecule has 0 unspecified atom stereocenters. The fourth-order valence-electron chi connectivity index (χ4n) is 2.06. The van der Waals surface area contributed by atoms with Crippen molar-refractivity contribution < 1.29 is 14.7 Å². The van der Waals surface area contributed by atoms with Crippen molar-refractivity contribution in [2.24, 2.45) is 11.8 Å². The molecule has 0 spiro atoms. The molecule has 1 saturated carbocycles. The molecular weight excluding hydrogens is 222 g/mol. The smallest absolute Gasteiger partial charge is 0.329 e. The lowest BCUT2D eigenvalue weighted by molar-refractivity contribution is -0.143. The molecule has 0 aromatic carbocycles. The second-order valence-corrected chi connectivity index (χ2v) is 4.42. The van der Waals surface area contributed by atoms with Gasteiger partial charge in [0.05, 0.1) is 5.92 Å². The SMILES string of the molecule is CCNNC(=O)NCC1CCC(C(=O)O)CC1. The van der Waals surface area contributed by atoms with Crippen LogP contribution in [0.5, 0.6) is 0 Å². The van der Waals surface area contributed by atoms with E-state index in [1.54, 1.807) is 0 Å². The molecule has 1 aliphatic carbocycles. The van der Waals surface area contributed by atoms with Gasteiger partial charge >= 0.3 is 12.0 Å². The van der Waals surface area contributed by atoms with Gasteiger partial charge in [-0.3, -0.25) is 10.2 Å². The Morgan fingerprint density at radius 1 is 1.24 bits per heavy atom. The van der Waals surface area contributed by atoms with Crippen LogP contribution in [0.2, 0.25) is 0 Å². The summed E-state index contributed by atoms with van der Waals surface area (Å²) >= 11 is 0. The predicted octanol–water partition coefficient (Wildman–Crippen LogP) is 0.701. The molecule has 0 saturated heterocycles. The summed E-state index contributed by atoms with van der Waals surface area (Å²) in [4.78, 5) is 22.0. The highest BCUT2D eigenvalue weighted by Crippen LogP contribution is 2.28. The Bertz CT molecular complexity index is 263. The van der Waals surface area contributed by atoms with Crippen LogP contribution in [0.15, 0.2) is 0 Å². The van der Waals surface area contributed by atoms with E-state index in [9.17, 15) is 9.59 Å². The van der Waals surface area contributed by atoms with Crippen LogP contribution in [0.3, 0.4) is 0 Å². The average Bonchev–Trinajstić information content (AvgIpc) is 2.34. The summed E-state index contributed by atoms with van der Waals surface area (Å²) in [5, 5.41) is 11.6. The van der Waals surface area contributed by atoms with Crippen LogP contribution in [0, 0.1) is 11.8 Å². The third kappa shape index (κ3) is 5.04. The van der Waals surface area contributed by atoms with Gasteiger partial charge in [0, 0.05) is 13.1 Å². The lowest BCUT2D eigenvalue weighted by atomic mass is 9.82. The molecule has 1 fully saturated rings. The second kappa shape index (κ2) is 7.11. The third-order valence-electron chi connectivity index (χ3n) is 3.13. The van der Waals surface area contributed by atoms with E-state index in [0.717, 1.165) is 25.7 Å². The summed E-state index contributed by atoms with van der Waals surface area (Å²) in [6, 6.07) is -0.229. The first-order chi connectivity index (χ1) is 8.13. The van der Waals surface area contributed by atoms with Crippen molar-refractivity contribution in [3.63, 3.8) is 0 Å². The summed E-state index contributed by atoms with van der Waals surface area (Å²) in [6.45, 7) is 3.19. The Labute approximate surface area is 101 Å². The maximum Gasteiger partial charge on any atom is 0.329 e. The van der Waals surface area contributed by atoms with Crippen LogP contribution in [0.1, 0.15) is 32.6 Å². The van der Waals surface area contributed by atoms with Gasteiger partial charge in [0.15, 0.2) is 0 Å². The zero-order valence-corrected chi connectivity index (χ0v) is 10.2. The number of rotatable bonds is 5. The Morgan fingerprint density at radius 2 is 1.88 bits per heavy atom. The van der Waals surface area contributed by atoms with Gasteiger partial charge < -0.3 is 10.4 Å². The number of hydrogen-bond donors (Lipinski definition) is 4. The molecule has 2 amide bonds. The Hall–Kier alpha value is -1.30. The second-order valence-electron chi connectivity index (χ2n) is 4.42. The predicted molar refractivity (Wildman–Crippen MR) is 63.3 cm³/mol. The third-order valence-corrected chi connectivity index (χ3v) is 3.13. The number of amides is 2. The first kappa shape index (κ1) is 13.8. The van der Waals surface area contributed by atoms with E-state index >= 15 is 0 Å². The lowest BCUT2D eigenvalue weighted by Crippen LogP contribution is -2.45. The number of urea groups is 1. The molecule has 0 atom stereocenters. The molecule has 0 aromatic rings. The summed E-state index contributed by atoms with van der Waals surface area (Å²) in [7, 11) is 0. The highest BCUT2D eigenvalue weighted by molar-refractivity contribution is 5.73. The van der Waals surface area contributed by atoms with Crippen molar-refractivity contribution in [1.82, 2.24) is 16.2 Å². The molecule has 6 nitrogen and oxygen atoms in total. The Balaban J connectivity index is 2.14. The molecule has 4 N–H and O–H groups in total. The molecule has 98 valence electrons. The van der Waals surface area contributed by atoms with Crippen molar-refractivity contribution in [3.05, 3.63) is 0 Å². The van der Waals surface area contributed by atoms with Crippen LogP contribution in [-0.4, -0.2) is 30.2 Å². The van der Waals surface area contributed by atoms with Crippen molar-refractivity contribution in [2.45, 2.75) is 32.6 Å². The molecule has 0 aromatic heterocycles. The number of carboxylic acid groups (broad SMARTS) is 1. The maximum absolute atomic E-state index is 11.2. The fourth-order valence-corrected chi connectivity index (χ4v) is 2.06. The van der Waals surface area contributed by atoms with E-state index in [1.807, 2.05) is 6.92 Å². The zero-order valence-electron chi connectivity index (χ0n) is 10.2. The topological polar surface area (TPSA) is 90.5 Å². The number of carboxylic acids is 1. The van der Waals surface area contributed by atoms with Crippen LogP contribution in [-0.2, 0) is 4.79 Å². The van der Waals surface area contributed by atoms with Crippen molar-refractivity contribution in [1.29, 1.82) is 0 Å². The largest absolute Gasteiger partial charge is 0.481 e. The van der Waals surface area contributed by atoms with Gasteiger partial charge in [0.1, 0.15) is 0 Å². The van der Waals surface area contributed by atoms with Crippen LogP contribution in [0.25, 0.3) is 0 Å². The average molecular weight is 243 g/mol. The summed E-state index contributed by atoms with van der Waals surface area (Å²) < 4.78 is 0. The van der Waals surface area contributed by atoms with Crippen LogP contribution in [0.4, 0.5) is 4.79 Å². The number of hydrogen-bond acceptors (Lipinski definition) is 3. The minimum atomic E-state index is -0.693. The fraction of sp³-hybridized carbons (Fsp3) is 0.818. The molecule has 0 aliphatic heterocycles. The normalized spacial score (nSPS) is 24.1.